The van der Waals surface area contributed by atoms with E-state index in [1.54, 1.807) is 0 Å². The van der Waals surface area contributed by atoms with Gasteiger partial charge in [-0.25, -0.2) is 0 Å². The zero-order valence-corrected chi connectivity index (χ0v) is 9.73. The van der Waals surface area contributed by atoms with Gasteiger partial charge in [0, 0.05) is 13.6 Å². The Morgan fingerprint density at radius 3 is 2.69 bits per heavy atom. The Kier molecular flexibility index (Phi) is 3.25. The predicted molar refractivity (Wildman–Crippen MR) is 57.8 cm³/mol. The summed E-state index contributed by atoms with van der Waals surface area (Å²) in [5.41, 5.74) is 0. The highest BCUT2D eigenvalue weighted by molar-refractivity contribution is 6.05. The van der Waals surface area contributed by atoms with E-state index in [1.165, 1.54) is 11.9 Å². The molecule has 16 heavy (non-hydrogen) atoms. The highest BCUT2D eigenvalue weighted by Gasteiger charge is 2.36. The number of amides is 2. The Labute approximate surface area is 95.1 Å². The molecule has 2 rings (SSSR count). The summed E-state index contributed by atoms with van der Waals surface area (Å²) in [7, 11) is 1.53. The van der Waals surface area contributed by atoms with E-state index in [-0.39, 0.29) is 30.4 Å². The first-order valence-corrected chi connectivity index (χ1v) is 5.77. The van der Waals surface area contributed by atoms with E-state index in [0.29, 0.717) is 12.6 Å². The molecular weight excluding hydrogens is 208 g/mol. The summed E-state index contributed by atoms with van der Waals surface area (Å²) >= 11 is 0. The van der Waals surface area contributed by atoms with Gasteiger partial charge < -0.3 is 10.1 Å². The van der Waals surface area contributed by atoms with Crippen LogP contribution in [0.15, 0.2) is 0 Å². The first kappa shape index (κ1) is 11.5. The zero-order valence-electron chi connectivity index (χ0n) is 9.73. The maximum atomic E-state index is 11.6. The normalized spacial score (nSPS) is 35.1. The van der Waals surface area contributed by atoms with Crippen LogP contribution >= 0.6 is 0 Å². The quantitative estimate of drug-likeness (QED) is 0.683. The minimum absolute atomic E-state index is 0.108. The highest BCUT2D eigenvalue weighted by atomic mass is 16.5. The third-order valence-electron chi connectivity index (χ3n) is 3.29. The van der Waals surface area contributed by atoms with Gasteiger partial charge in [-0.2, -0.15) is 0 Å². The molecule has 2 aliphatic heterocycles. The van der Waals surface area contributed by atoms with Gasteiger partial charge in [-0.05, 0) is 19.8 Å². The van der Waals surface area contributed by atoms with Crippen molar-refractivity contribution in [3.63, 3.8) is 0 Å². The van der Waals surface area contributed by atoms with Crippen LogP contribution in [0.25, 0.3) is 0 Å². The van der Waals surface area contributed by atoms with E-state index in [0.717, 1.165) is 12.8 Å². The highest BCUT2D eigenvalue weighted by Crippen LogP contribution is 2.19. The standard InChI is InChI=1S/C11H18N2O3/c1-7-3-4-8(16-7)6-12-9-5-10(14)13(2)11(9)15/h7-9,12H,3-6H2,1-2H3. The molecule has 3 unspecified atom stereocenters. The van der Waals surface area contributed by atoms with Crippen molar-refractivity contribution in [3.05, 3.63) is 0 Å². The Morgan fingerprint density at radius 1 is 1.44 bits per heavy atom. The Balaban J connectivity index is 1.78. The Bertz CT molecular complexity index is 306. The molecule has 0 aromatic heterocycles. The third-order valence-corrected chi connectivity index (χ3v) is 3.29. The summed E-state index contributed by atoms with van der Waals surface area (Å²) in [5, 5.41) is 3.12. The average molecular weight is 226 g/mol. The molecule has 2 amide bonds. The van der Waals surface area contributed by atoms with Gasteiger partial charge in [0.05, 0.1) is 24.7 Å². The second kappa shape index (κ2) is 4.51. The van der Waals surface area contributed by atoms with Gasteiger partial charge in [0.1, 0.15) is 0 Å². The fourth-order valence-corrected chi connectivity index (χ4v) is 2.22. The molecular formula is C11H18N2O3. The van der Waals surface area contributed by atoms with Gasteiger partial charge in [-0.15, -0.1) is 0 Å². The van der Waals surface area contributed by atoms with Crippen LogP contribution in [-0.2, 0) is 14.3 Å². The lowest BCUT2D eigenvalue weighted by Gasteiger charge is -2.15. The lowest BCUT2D eigenvalue weighted by molar-refractivity contribution is -0.137. The number of nitrogens with one attached hydrogen (secondary N) is 1. The van der Waals surface area contributed by atoms with Crippen LogP contribution in [0, 0.1) is 0 Å². The van der Waals surface area contributed by atoms with Crippen LogP contribution in [0.2, 0.25) is 0 Å². The van der Waals surface area contributed by atoms with Crippen molar-refractivity contribution >= 4 is 11.8 Å². The molecule has 0 aliphatic carbocycles. The molecule has 0 radical (unpaired) electrons. The van der Waals surface area contributed by atoms with Crippen LogP contribution in [-0.4, -0.2) is 48.6 Å². The monoisotopic (exact) mass is 226 g/mol. The number of likely N-dealkylation sites (tertiary alicyclic amines) is 1. The molecule has 3 atom stereocenters. The number of nitrogens with zero attached hydrogens (tertiary/aromatic N) is 1. The zero-order chi connectivity index (χ0) is 11.7. The number of likely N-dealkylation sites (N-methyl/N-ethyl adjacent to an activating group) is 1. The SMILES string of the molecule is CC1CCC(CNC2CC(=O)N(C)C2=O)O1. The van der Waals surface area contributed by atoms with E-state index < -0.39 is 0 Å². The van der Waals surface area contributed by atoms with Crippen LogP contribution in [0.3, 0.4) is 0 Å². The molecule has 5 nitrogen and oxygen atoms in total. The van der Waals surface area contributed by atoms with Crippen LogP contribution in [0.1, 0.15) is 26.2 Å². The van der Waals surface area contributed by atoms with Crippen molar-refractivity contribution in [1.29, 1.82) is 0 Å². The fraction of sp³-hybridized carbons (Fsp3) is 0.818. The number of hydrogen-bond donors (Lipinski definition) is 1. The minimum Gasteiger partial charge on any atom is -0.374 e. The second-order valence-corrected chi connectivity index (χ2v) is 4.60. The number of carbonyl (C=O) groups excluding carboxylic acids is 2. The van der Waals surface area contributed by atoms with E-state index in [4.69, 9.17) is 4.74 Å². The molecule has 0 spiro atoms. The number of rotatable bonds is 3. The average Bonchev–Trinajstić information content (AvgIpc) is 2.76. The number of hydrogen-bond acceptors (Lipinski definition) is 4. The molecule has 2 heterocycles. The van der Waals surface area contributed by atoms with E-state index >= 15 is 0 Å². The Morgan fingerprint density at radius 2 is 2.19 bits per heavy atom. The molecule has 2 aliphatic rings. The summed E-state index contributed by atoms with van der Waals surface area (Å²) < 4.78 is 5.64. The maximum absolute atomic E-state index is 11.6. The van der Waals surface area contributed by atoms with Gasteiger partial charge in [0.25, 0.3) is 0 Å². The first-order chi connectivity index (χ1) is 7.58. The van der Waals surface area contributed by atoms with Crippen molar-refractivity contribution in [2.24, 2.45) is 0 Å². The van der Waals surface area contributed by atoms with Crippen LogP contribution in [0.5, 0.6) is 0 Å². The lowest BCUT2D eigenvalue weighted by atomic mass is 10.2. The topological polar surface area (TPSA) is 58.6 Å². The number of imide groups is 1. The van der Waals surface area contributed by atoms with Gasteiger partial charge >= 0.3 is 0 Å². The number of ether oxygens (including phenoxy) is 1. The van der Waals surface area contributed by atoms with E-state index in [1.807, 2.05) is 0 Å². The van der Waals surface area contributed by atoms with Gasteiger partial charge in [0.15, 0.2) is 0 Å². The Hall–Kier alpha value is -0.940. The third kappa shape index (κ3) is 2.25. The fourth-order valence-electron chi connectivity index (χ4n) is 2.22. The van der Waals surface area contributed by atoms with Crippen molar-refractivity contribution in [2.45, 2.75) is 44.4 Å². The summed E-state index contributed by atoms with van der Waals surface area (Å²) in [5.74, 6) is -0.237. The van der Waals surface area contributed by atoms with Crippen LogP contribution < -0.4 is 5.32 Å². The summed E-state index contributed by atoms with van der Waals surface area (Å²) in [6.45, 7) is 2.71. The van der Waals surface area contributed by atoms with Crippen molar-refractivity contribution in [1.82, 2.24) is 10.2 Å². The molecule has 5 heteroatoms. The van der Waals surface area contributed by atoms with Crippen molar-refractivity contribution in [2.75, 3.05) is 13.6 Å². The molecule has 0 saturated carbocycles. The molecule has 0 bridgehead atoms. The van der Waals surface area contributed by atoms with Crippen molar-refractivity contribution < 1.29 is 14.3 Å². The number of carbonyl (C=O) groups is 2. The molecule has 1 N–H and O–H groups in total. The lowest BCUT2D eigenvalue weighted by Crippen LogP contribution is -2.40. The maximum Gasteiger partial charge on any atom is 0.246 e. The van der Waals surface area contributed by atoms with Crippen molar-refractivity contribution in [3.8, 4) is 0 Å². The predicted octanol–water partition coefficient (Wildman–Crippen LogP) is -0.0992. The second-order valence-electron chi connectivity index (χ2n) is 4.60. The van der Waals surface area contributed by atoms with Crippen LogP contribution in [0.4, 0.5) is 0 Å². The molecule has 2 saturated heterocycles. The van der Waals surface area contributed by atoms with E-state index in [9.17, 15) is 9.59 Å². The molecule has 2 fully saturated rings. The summed E-state index contributed by atoms with van der Waals surface area (Å²) in [4.78, 5) is 24.1. The summed E-state index contributed by atoms with van der Waals surface area (Å²) in [6, 6.07) is -0.350. The molecule has 0 aromatic rings. The van der Waals surface area contributed by atoms with Gasteiger partial charge in [0.2, 0.25) is 11.8 Å². The van der Waals surface area contributed by atoms with E-state index in [2.05, 4.69) is 12.2 Å². The van der Waals surface area contributed by atoms with Gasteiger partial charge in [-0.1, -0.05) is 0 Å². The minimum atomic E-state index is -0.350. The molecule has 0 aromatic carbocycles. The molecule has 90 valence electrons. The largest absolute Gasteiger partial charge is 0.374 e. The summed E-state index contributed by atoms with van der Waals surface area (Å²) in [6.07, 6.45) is 2.87. The van der Waals surface area contributed by atoms with Gasteiger partial charge in [-0.3, -0.25) is 14.5 Å². The smallest absolute Gasteiger partial charge is 0.246 e. The first-order valence-electron chi connectivity index (χ1n) is 5.77.